The van der Waals surface area contributed by atoms with Gasteiger partial charge in [-0.25, -0.2) is 0 Å². The number of hydrogen-bond donors (Lipinski definition) is 2. The SMILES string of the molecule is Cc1ccc2cc(CNC(=O)C34CC5CC(CC(C5)C3)C4)c(=O)[nH]c2c1C. The Balaban J connectivity index is 1.37. The lowest BCUT2D eigenvalue weighted by atomic mass is 9.49. The van der Waals surface area contributed by atoms with Crippen LogP contribution in [0.1, 0.15) is 55.2 Å². The van der Waals surface area contributed by atoms with Crippen LogP contribution in [-0.2, 0) is 11.3 Å². The lowest BCUT2D eigenvalue weighted by Crippen LogP contribution is -2.53. The molecule has 0 atom stereocenters. The first-order valence-electron chi connectivity index (χ1n) is 10.3. The number of H-pyrrole nitrogens is 1. The van der Waals surface area contributed by atoms with Crippen LogP contribution < -0.4 is 10.9 Å². The molecule has 2 aromatic rings. The number of carbonyl (C=O) groups excluding carboxylic acids is 1. The van der Waals surface area contributed by atoms with Gasteiger partial charge in [0.1, 0.15) is 0 Å². The molecule has 0 aliphatic heterocycles. The van der Waals surface area contributed by atoms with Crippen molar-refractivity contribution in [2.75, 3.05) is 0 Å². The Labute approximate surface area is 159 Å². The number of amides is 1. The summed E-state index contributed by atoms with van der Waals surface area (Å²) in [5.74, 6) is 2.42. The second kappa shape index (κ2) is 5.95. The summed E-state index contributed by atoms with van der Waals surface area (Å²) in [6.45, 7) is 4.40. The number of aryl methyl sites for hydroxylation is 2. The third-order valence-electron chi connectivity index (χ3n) is 7.59. The first kappa shape index (κ1) is 17.0. The van der Waals surface area contributed by atoms with Gasteiger partial charge in [0, 0.05) is 17.5 Å². The number of pyridine rings is 1. The van der Waals surface area contributed by atoms with Gasteiger partial charge >= 0.3 is 0 Å². The normalized spacial score (nSPS) is 31.4. The molecule has 4 heteroatoms. The van der Waals surface area contributed by atoms with Crippen molar-refractivity contribution in [3.63, 3.8) is 0 Å². The molecular formula is C23H28N2O2. The zero-order valence-electron chi connectivity index (χ0n) is 16.2. The topological polar surface area (TPSA) is 62.0 Å². The molecule has 27 heavy (non-hydrogen) atoms. The van der Waals surface area contributed by atoms with E-state index in [0.717, 1.165) is 53.5 Å². The van der Waals surface area contributed by atoms with Crippen LogP contribution in [-0.4, -0.2) is 10.9 Å². The van der Waals surface area contributed by atoms with Gasteiger partial charge < -0.3 is 10.3 Å². The molecule has 0 unspecified atom stereocenters. The molecule has 1 aromatic heterocycles. The summed E-state index contributed by atoms with van der Waals surface area (Å²) >= 11 is 0. The van der Waals surface area contributed by atoms with Crippen LogP contribution in [0.5, 0.6) is 0 Å². The van der Waals surface area contributed by atoms with Crippen molar-refractivity contribution < 1.29 is 4.79 Å². The summed E-state index contributed by atoms with van der Waals surface area (Å²) in [7, 11) is 0. The Morgan fingerprint density at radius 1 is 1.11 bits per heavy atom. The predicted molar refractivity (Wildman–Crippen MR) is 106 cm³/mol. The third-order valence-corrected chi connectivity index (χ3v) is 7.59. The lowest BCUT2D eigenvalue weighted by molar-refractivity contribution is -0.146. The molecule has 4 aliphatic rings. The van der Waals surface area contributed by atoms with Crippen molar-refractivity contribution in [3.05, 3.63) is 45.2 Å². The molecule has 4 aliphatic carbocycles. The first-order chi connectivity index (χ1) is 12.9. The zero-order chi connectivity index (χ0) is 18.8. The van der Waals surface area contributed by atoms with Crippen molar-refractivity contribution >= 4 is 16.8 Å². The highest BCUT2D eigenvalue weighted by atomic mass is 16.2. The third kappa shape index (κ3) is 2.72. The molecule has 4 saturated carbocycles. The van der Waals surface area contributed by atoms with Gasteiger partial charge in [-0.15, -0.1) is 0 Å². The van der Waals surface area contributed by atoms with Crippen LogP contribution in [0.3, 0.4) is 0 Å². The summed E-state index contributed by atoms with van der Waals surface area (Å²) in [5, 5.41) is 4.15. The minimum absolute atomic E-state index is 0.0954. The Morgan fingerprint density at radius 3 is 2.37 bits per heavy atom. The van der Waals surface area contributed by atoms with Crippen molar-refractivity contribution in [1.29, 1.82) is 0 Å². The standard InChI is InChI=1S/C23H28N2O2/c1-13-3-4-18-8-19(21(26)25-20(18)14(13)2)12-24-22(27)23-9-15-5-16(10-23)7-17(6-15)11-23/h3-4,8,15-17H,5-7,9-12H2,1-2H3,(H,24,27)(H,25,26). The van der Waals surface area contributed by atoms with Gasteiger partial charge in [-0.3, -0.25) is 9.59 Å². The largest absolute Gasteiger partial charge is 0.351 e. The number of aromatic amines is 1. The van der Waals surface area contributed by atoms with Crippen LogP contribution in [0, 0.1) is 37.0 Å². The average Bonchev–Trinajstić information content (AvgIpc) is 2.62. The van der Waals surface area contributed by atoms with Crippen molar-refractivity contribution in [2.24, 2.45) is 23.2 Å². The van der Waals surface area contributed by atoms with Crippen molar-refractivity contribution in [1.82, 2.24) is 10.3 Å². The van der Waals surface area contributed by atoms with Crippen LogP contribution in [0.15, 0.2) is 23.0 Å². The minimum atomic E-state index is -0.161. The molecule has 2 N–H and O–H groups in total. The smallest absolute Gasteiger partial charge is 0.253 e. The number of rotatable bonds is 3. The highest BCUT2D eigenvalue weighted by molar-refractivity contribution is 5.84. The van der Waals surface area contributed by atoms with Crippen molar-refractivity contribution in [2.45, 2.75) is 58.9 Å². The molecule has 142 valence electrons. The van der Waals surface area contributed by atoms with Crippen LogP contribution in [0.4, 0.5) is 0 Å². The maximum Gasteiger partial charge on any atom is 0.253 e. The average molecular weight is 364 g/mol. The van der Waals surface area contributed by atoms with Gasteiger partial charge in [0.25, 0.3) is 5.56 Å². The zero-order valence-corrected chi connectivity index (χ0v) is 16.2. The molecule has 4 nitrogen and oxygen atoms in total. The van der Waals surface area contributed by atoms with E-state index in [1.807, 2.05) is 26.0 Å². The maximum absolute atomic E-state index is 13.1. The lowest BCUT2D eigenvalue weighted by Gasteiger charge is -2.55. The van der Waals surface area contributed by atoms with E-state index in [2.05, 4.69) is 16.4 Å². The number of benzene rings is 1. The summed E-state index contributed by atoms with van der Waals surface area (Å²) in [4.78, 5) is 28.7. The Bertz CT molecular complexity index is 952. The van der Waals surface area contributed by atoms with Gasteiger partial charge in [-0.2, -0.15) is 0 Å². The molecule has 4 bridgehead atoms. The molecule has 0 saturated heterocycles. The van der Waals surface area contributed by atoms with Crippen LogP contribution in [0.2, 0.25) is 0 Å². The number of fused-ring (bicyclic) bond motifs is 1. The van der Waals surface area contributed by atoms with Gasteiger partial charge in [-0.05, 0) is 92.7 Å². The van der Waals surface area contributed by atoms with E-state index >= 15 is 0 Å². The molecule has 0 spiro atoms. The quantitative estimate of drug-likeness (QED) is 0.865. The summed E-state index contributed by atoms with van der Waals surface area (Å²) in [6, 6.07) is 6.05. The fourth-order valence-electron chi connectivity index (χ4n) is 6.45. The molecule has 1 aromatic carbocycles. The molecule has 1 amide bonds. The van der Waals surface area contributed by atoms with E-state index in [1.54, 1.807) is 0 Å². The number of hydrogen-bond acceptors (Lipinski definition) is 2. The van der Waals surface area contributed by atoms with E-state index in [4.69, 9.17) is 0 Å². The highest BCUT2D eigenvalue weighted by Crippen LogP contribution is 2.60. The van der Waals surface area contributed by atoms with E-state index in [0.29, 0.717) is 12.1 Å². The second-order valence-electron chi connectivity index (χ2n) is 9.48. The van der Waals surface area contributed by atoms with Gasteiger partial charge in [0.15, 0.2) is 0 Å². The Hall–Kier alpha value is -2.10. The molecular weight excluding hydrogens is 336 g/mol. The summed E-state index contributed by atoms with van der Waals surface area (Å²) in [5.41, 5.74) is 3.56. The summed E-state index contributed by atoms with van der Waals surface area (Å²) < 4.78 is 0. The maximum atomic E-state index is 13.1. The fourth-order valence-corrected chi connectivity index (χ4v) is 6.45. The minimum Gasteiger partial charge on any atom is -0.351 e. The van der Waals surface area contributed by atoms with Crippen LogP contribution >= 0.6 is 0 Å². The molecule has 0 radical (unpaired) electrons. The number of nitrogens with one attached hydrogen (secondary N) is 2. The van der Waals surface area contributed by atoms with E-state index in [-0.39, 0.29) is 16.9 Å². The highest BCUT2D eigenvalue weighted by Gasteiger charge is 2.54. The molecule has 1 heterocycles. The number of carbonyl (C=O) groups is 1. The van der Waals surface area contributed by atoms with E-state index in [1.165, 1.54) is 24.8 Å². The Morgan fingerprint density at radius 2 is 1.74 bits per heavy atom. The predicted octanol–water partition coefficient (Wildman–Crippen LogP) is 3.98. The van der Waals surface area contributed by atoms with Crippen molar-refractivity contribution in [3.8, 4) is 0 Å². The monoisotopic (exact) mass is 364 g/mol. The number of aromatic nitrogens is 1. The Kier molecular flexibility index (Phi) is 3.75. The fraction of sp³-hybridized carbons (Fsp3) is 0.565. The van der Waals surface area contributed by atoms with Gasteiger partial charge in [0.2, 0.25) is 5.91 Å². The van der Waals surface area contributed by atoms with E-state index < -0.39 is 0 Å². The molecule has 6 rings (SSSR count). The first-order valence-corrected chi connectivity index (χ1v) is 10.3. The van der Waals surface area contributed by atoms with Gasteiger partial charge in [-0.1, -0.05) is 12.1 Å². The summed E-state index contributed by atoms with van der Waals surface area (Å²) in [6.07, 6.45) is 7.15. The van der Waals surface area contributed by atoms with E-state index in [9.17, 15) is 9.59 Å². The van der Waals surface area contributed by atoms with Gasteiger partial charge in [0.05, 0.1) is 5.52 Å². The molecule has 4 fully saturated rings. The second-order valence-corrected chi connectivity index (χ2v) is 9.48. The van der Waals surface area contributed by atoms with Crippen LogP contribution in [0.25, 0.3) is 10.9 Å².